The minimum Gasteiger partial charge on any atom is -0.297 e. The van der Waals surface area contributed by atoms with Gasteiger partial charge in [0.2, 0.25) is 0 Å². The van der Waals surface area contributed by atoms with Gasteiger partial charge in [-0.2, -0.15) is 0 Å². The molecule has 3 rings (SSSR count). The summed E-state index contributed by atoms with van der Waals surface area (Å²) < 4.78 is 30.0. The summed E-state index contributed by atoms with van der Waals surface area (Å²) in [6, 6.07) is 1.99. The first kappa shape index (κ1) is 14.1. The third-order valence-corrected chi connectivity index (χ3v) is 4.20. The Bertz CT molecular complexity index is 752. The molecule has 1 aromatic carbocycles. The van der Waals surface area contributed by atoms with E-state index in [1.807, 2.05) is 22.2 Å². The Hall–Kier alpha value is -1.83. The van der Waals surface area contributed by atoms with Crippen molar-refractivity contribution >= 4 is 16.3 Å². The summed E-state index contributed by atoms with van der Waals surface area (Å²) in [4.78, 5) is 5.25. The van der Waals surface area contributed by atoms with Gasteiger partial charge in [-0.15, -0.1) is 11.3 Å². The van der Waals surface area contributed by atoms with Crippen molar-refractivity contribution in [2.24, 2.45) is 5.84 Å². The van der Waals surface area contributed by atoms with Crippen LogP contribution >= 0.6 is 11.3 Å². The van der Waals surface area contributed by atoms with Crippen molar-refractivity contribution < 1.29 is 8.78 Å². The number of thiazole rings is 1. The van der Waals surface area contributed by atoms with Crippen LogP contribution < -0.4 is 11.3 Å². The molecule has 21 heavy (non-hydrogen) atoms. The molecule has 7 heteroatoms. The average Bonchev–Trinajstić information content (AvgIpc) is 3.03. The van der Waals surface area contributed by atoms with E-state index in [0.717, 1.165) is 10.7 Å². The largest absolute Gasteiger partial charge is 0.297 e. The van der Waals surface area contributed by atoms with Crippen LogP contribution in [0, 0.1) is 18.6 Å². The maximum absolute atomic E-state index is 14.2. The van der Waals surface area contributed by atoms with Gasteiger partial charge in [0.1, 0.15) is 11.6 Å². The zero-order valence-corrected chi connectivity index (χ0v) is 12.1. The van der Waals surface area contributed by atoms with Gasteiger partial charge in [0.25, 0.3) is 0 Å². The van der Waals surface area contributed by atoms with Crippen LogP contribution in [0.3, 0.4) is 0 Å². The normalized spacial score (nSPS) is 13.0. The van der Waals surface area contributed by atoms with E-state index in [-0.39, 0.29) is 5.56 Å². The van der Waals surface area contributed by atoms with E-state index in [1.165, 1.54) is 23.5 Å². The quantitative estimate of drug-likeness (QED) is 0.575. The highest BCUT2D eigenvalue weighted by molar-refractivity contribution is 7.15. The lowest BCUT2D eigenvalue weighted by Crippen LogP contribution is -2.31. The van der Waals surface area contributed by atoms with E-state index in [1.54, 1.807) is 6.92 Å². The number of halogens is 2. The lowest BCUT2D eigenvalue weighted by atomic mass is 9.99. The Kier molecular flexibility index (Phi) is 3.71. The van der Waals surface area contributed by atoms with E-state index >= 15 is 0 Å². The second-order valence-corrected chi connectivity index (χ2v) is 5.71. The maximum atomic E-state index is 14.2. The minimum absolute atomic E-state index is 0.0474. The summed E-state index contributed by atoms with van der Waals surface area (Å²) in [5.74, 6) is 4.32. The second-order valence-electron chi connectivity index (χ2n) is 4.84. The van der Waals surface area contributed by atoms with Gasteiger partial charge in [0.05, 0.1) is 11.7 Å². The molecule has 0 aliphatic heterocycles. The summed E-state index contributed by atoms with van der Waals surface area (Å²) >= 11 is 1.50. The van der Waals surface area contributed by atoms with Crippen molar-refractivity contribution in [3.8, 4) is 0 Å². The molecule has 2 heterocycles. The summed E-state index contributed by atoms with van der Waals surface area (Å²) in [6.45, 7) is 1.60. The number of rotatable bonds is 4. The zero-order chi connectivity index (χ0) is 15.0. The SMILES string of the molecule is Cc1ccc(F)c(C(Cc2cn3ccsc3n2)NN)c1F. The molecule has 2 aromatic heterocycles. The van der Waals surface area contributed by atoms with Crippen molar-refractivity contribution in [3.05, 3.63) is 58.4 Å². The Morgan fingerprint density at radius 1 is 1.43 bits per heavy atom. The van der Waals surface area contributed by atoms with Crippen LogP contribution in [0.15, 0.2) is 29.9 Å². The van der Waals surface area contributed by atoms with Crippen LogP contribution in [0.25, 0.3) is 4.96 Å². The first-order valence-electron chi connectivity index (χ1n) is 6.42. The number of nitrogens with two attached hydrogens (primary N) is 1. The summed E-state index contributed by atoms with van der Waals surface area (Å²) in [5.41, 5.74) is 3.55. The average molecular weight is 308 g/mol. The molecule has 0 saturated carbocycles. The molecule has 3 N–H and O–H groups in total. The molecule has 1 unspecified atom stereocenters. The molecule has 0 amide bonds. The van der Waals surface area contributed by atoms with Crippen LogP contribution in [0.2, 0.25) is 0 Å². The first-order valence-corrected chi connectivity index (χ1v) is 7.30. The first-order chi connectivity index (χ1) is 10.1. The lowest BCUT2D eigenvalue weighted by molar-refractivity contribution is 0.468. The zero-order valence-electron chi connectivity index (χ0n) is 11.3. The van der Waals surface area contributed by atoms with Crippen LogP contribution in [0.4, 0.5) is 8.78 Å². The highest BCUT2D eigenvalue weighted by Crippen LogP contribution is 2.26. The molecular formula is C14H14F2N4S. The van der Waals surface area contributed by atoms with Crippen molar-refractivity contribution in [2.75, 3.05) is 0 Å². The van der Waals surface area contributed by atoms with Gasteiger partial charge in [-0.05, 0) is 18.6 Å². The second kappa shape index (κ2) is 5.51. The van der Waals surface area contributed by atoms with Crippen molar-refractivity contribution in [3.63, 3.8) is 0 Å². The highest BCUT2D eigenvalue weighted by Gasteiger charge is 2.22. The van der Waals surface area contributed by atoms with Gasteiger partial charge in [0, 0.05) is 29.8 Å². The number of hydrogen-bond acceptors (Lipinski definition) is 4. The van der Waals surface area contributed by atoms with Gasteiger partial charge < -0.3 is 0 Å². The number of imidazole rings is 1. The molecule has 3 aromatic rings. The third-order valence-electron chi connectivity index (χ3n) is 3.43. The van der Waals surface area contributed by atoms with Crippen LogP contribution in [-0.2, 0) is 6.42 Å². The van der Waals surface area contributed by atoms with Crippen LogP contribution in [0.5, 0.6) is 0 Å². The number of hydrazine groups is 1. The predicted octanol–water partition coefficient (Wildman–Crippen LogP) is 2.73. The van der Waals surface area contributed by atoms with Gasteiger partial charge in [-0.25, -0.2) is 13.8 Å². The molecule has 0 spiro atoms. The minimum atomic E-state index is -0.672. The van der Waals surface area contributed by atoms with Gasteiger partial charge in [-0.1, -0.05) is 6.07 Å². The smallest absolute Gasteiger partial charge is 0.193 e. The Balaban J connectivity index is 1.95. The molecule has 110 valence electrons. The van der Waals surface area contributed by atoms with Gasteiger partial charge >= 0.3 is 0 Å². The van der Waals surface area contributed by atoms with E-state index in [4.69, 9.17) is 5.84 Å². The summed E-state index contributed by atoms with van der Waals surface area (Å²) in [6.07, 6.45) is 4.03. The molecule has 0 radical (unpaired) electrons. The number of benzene rings is 1. The predicted molar refractivity (Wildman–Crippen MR) is 77.9 cm³/mol. The summed E-state index contributed by atoms with van der Waals surface area (Å²) in [7, 11) is 0. The number of hydrogen-bond donors (Lipinski definition) is 2. The fourth-order valence-corrected chi connectivity index (χ4v) is 3.04. The summed E-state index contributed by atoms with van der Waals surface area (Å²) in [5, 5.41) is 1.92. The van der Waals surface area contributed by atoms with E-state index in [0.29, 0.717) is 12.0 Å². The standard InChI is InChI=1S/C14H14F2N4S/c1-8-2-3-10(15)12(13(8)16)11(19-17)6-9-7-20-4-5-21-14(20)18-9/h2-5,7,11,19H,6,17H2,1H3. The monoisotopic (exact) mass is 308 g/mol. The molecular weight excluding hydrogens is 294 g/mol. The molecule has 0 saturated heterocycles. The number of nitrogens with one attached hydrogen (secondary N) is 1. The van der Waals surface area contributed by atoms with Gasteiger partial charge in [-0.3, -0.25) is 15.7 Å². The molecule has 1 atom stereocenters. The van der Waals surface area contributed by atoms with E-state index in [2.05, 4.69) is 10.4 Å². The fourth-order valence-electron chi connectivity index (χ4n) is 2.33. The van der Waals surface area contributed by atoms with Crippen molar-refractivity contribution in [2.45, 2.75) is 19.4 Å². The van der Waals surface area contributed by atoms with Crippen molar-refractivity contribution in [1.82, 2.24) is 14.8 Å². The topological polar surface area (TPSA) is 55.3 Å². The fraction of sp³-hybridized carbons (Fsp3) is 0.214. The van der Waals surface area contributed by atoms with Crippen LogP contribution in [0.1, 0.15) is 22.9 Å². The number of aryl methyl sites for hydroxylation is 1. The molecule has 0 aliphatic rings. The van der Waals surface area contributed by atoms with E-state index < -0.39 is 17.7 Å². The molecule has 0 fully saturated rings. The Morgan fingerprint density at radius 3 is 2.95 bits per heavy atom. The third kappa shape index (κ3) is 2.55. The number of nitrogens with zero attached hydrogens (tertiary/aromatic N) is 2. The highest BCUT2D eigenvalue weighted by atomic mass is 32.1. The maximum Gasteiger partial charge on any atom is 0.193 e. The van der Waals surface area contributed by atoms with Gasteiger partial charge in [0.15, 0.2) is 4.96 Å². The number of aromatic nitrogens is 2. The Morgan fingerprint density at radius 2 is 2.24 bits per heavy atom. The molecule has 0 bridgehead atoms. The van der Waals surface area contributed by atoms with Crippen LogP contribution in [-0.4, -0.2) is 9.38 Å². The van der Waals surface area contributed by atoms with E-state index in [9.17, 15) is 8.78 Å². The molecule has 4 nitrogen and oxygen atoms in total. The number of fused-ring (bicyclic) bond motifs is 1. The lowest BCUT2D eigenvalue weighted by Gasteiger charge is -2.17. The van der Waals surface area contributed by atoms with Crippen molar-refractivity contribution in [1.29, 1.82) is 0 Å². The Labute approximate surface area is 124 Å². The molecule has 0 aliphatic carbocycles.